The highest BCUT2D eigenvalue weighted by Gasteiger charge is 2.17. The first-order valence-corrected chi connectivity index (χ1v) is 12.7. The van der Waals surface area contributed by atoms with Crippen molar-refractivity contribution in [3.05, 3.63) is 75.7 Å². The number of hydrogen-bond donors (Lipinski definition) is 2. The third-order valence-electron chi connectivity index (χ3n) is 4.60. The number of para-hydroxylation sites is 1. The summed E-state index contributed by atoms with van der Waals surface area (Å²) in [7, 11) is 0. The number of hydrogen-bond acceptors (Lipinski definition) is 7. The average molecular weight is 498 g/mol. The number of esters is 1. The van der Waals surface area contributed by atoms with E-state index in [2.05, 4.69) is 15.6 Å². The minimum Gasteiger partial charge on any atom is -0.452 e. The molecule has 2 aromatic carbocycles. The van der Waals surface area contributed by atoms with E-state index < -0.39 is 18.5 Å². The Balaban J connectivity index is 1.58. The van der Waals surface area contributed by atoms with E-state index in [0.29, 0.717) is 35.0 Å². The lowest BCUT2D eigenvalue weighted by Gasteiger charge is -2.13. The van der Waals surface area contributed by atoms with Crippen LogP contribution >= 0.6 is 23.1 Å². The van der Waals surface area contributed by atoms with Gasteiger partial charge in [-0.15, -0.1) is 23.1 Å². The van der Waals surface area contributed by atoms with Gasteiger partial charge >= 0.3 is 5.97 Å². The molecule has 0 bridgehead atoms. The van der Waals surface area contributed by atoms with E-state index in [1.54, 1.807) is 47.7 Å². The van der Waals surface area contributed by atoms with Crippen molar-refractivity contribution in [1.82, 2.24) is 10.3 Å². The van der Waals surface area contributed by atoms with E-state index in [4.69, 9.17) is 4.74 Å². The summed E-state index contributed by atoms with van der Waals surface area (Å²) in [6.07, 6.45) is 0. The van der Waals surface area contributed by atoms with Crippen LogP contribution in [0.2, 0.25) is 0 Å². The van der Waals surface area contributed by atoms with E-state index >= 15 is 0 Å². The fourth-order valence-electron chi connectivity index (χ4n) is 2.96. The maximum absolute atomic E-state index is 12.7. The normalized spacial score (nSPS) is 10.7. The summed E-state index contributed by atoms with van der Waals surface area (Å²) in [5.41, 5.74) is 2.05. The number of ether oxygens (including phenoxy) is 1. The number of nitrogens with zero attached hydrogens (tertiary/aromatic N) is 1. The van der Waals surface area contributed by atoms with Crippen molar-refractivity contribution in [2.24, 2.45) is 5.92 Å². The molecule has 0 aliphatic carbocycles. The van der Waals surface area contributed by atoms with Crippen LogP contribution in [0, 0.1) is 12.8 Å². The van der Waals surface area contributed by atoms with Crippen LogP contribution in [0.25, 0.3) is 0 Å². The van der Waals surface area contributed by atoms with Crippen LogP contribution in [-0.2, 0) is 15.3 Å². The number of thioether (sulfide) groups is 1. The highest BCUT2D eigenvalue weighted by atomic mass is 32.2. The second-order valence-corrected chi connectivity index (χ2v) is 10.00. The summed E-state index contributed by atoms with van der Waals surface area (Å²) < 4.78 is 5.26. The summed E-state index contributed by atoms with van der Waals surface area (Å²) in [5.74, 6) is -0.457. The molecule has 0 radical (unpaired) electrons. The molecule has 3 rings (SSSR count). The number of aromatic nitrogens is 1. The SMILES string of the molecule is Cc1nc(CSc2ccccc2C(=O)OCC(=O)Nc2ccccc2C(=O)NCC(C)C)cs1. The van der Waals surface area contributed by atoms with Crippen molar-refractivity contribution in [2.75, 3.05) is 18.5 Å². The largest absolute Gasteiger partial charge is 0.452 e. The average Bonchev–Trinajstić information content (AvgIpc) is 3.25. The Morgan fingerprint density at radius 3 is 2.47 bits per heavy atom. The molecule has 178 valence electrons. The molecule has 7 nitrogen and oxygen atoms in total. The molecule has 2 amide bonds. The molecule has 0 atom stereocenters. The molecular formula is C25H27N3O4S2. The van der Waals surface area contributed by atoms with E-state index in [9.17, 15) is 14.4 Å². The van der Waals surface area contributed by atoms with Crippen molar-refractivity contribution >= 4 is 46.6 Å². The molecule has 34 heavy (non-hydrogen) atoms. The van der Waals surface area contributed by atoms with E-state index in [1.807, 2.05) is 38.3 Å². The van der Waals surface area contributed by atoms with Crippen LogP contribution in [0.3, 0.4) is 0 Å². The summed E-state index contributed by atoms with van der Waals surface area (Å²) in [6, 6.07) is 13.8. The molecular weight excluding hydrogens is 470 g/mol. The van der Waals surface area contributed by atoms with Crippen LogP contribution in [0.15, 0.2) is 58.8 Å². The van der Waals surface area contributed by atoms with E-state index in [1.165, 1.54) is 11.8 Å². The van der Waals surface area contributed by atoms with Crippen LogP contribution in [0.4, 0.5) is 5.69 Å². The third-order valence-corrected chi connectivity index (χ3v) is 6.53. The topological polar surface area (TPSA) is 97.4 Å². The number of nitrogens with one attached hydrogen (secondary N) is 2. The van der Waals surface area contributed by atoms with Gasteiger partial charge in [-0.2, -0.15) is 0 Å². The van der Waals surface area contributed by atoms with Crippen molar-refractivity contribution in [3.8, 4) is 0 Å². The highest BCUT2D eigenvalue weighted by molar-refractivity contribution is 7.98. The van der Waals surface area contributed by atoms with Gasteiger partial charge in [0, 0.05) is 22.6 Å². The van der Waals surface area contributed by atoms with Crippen molar-refractivity contribution < 1.29 is 19.1 Å². The molecule has 0 saturated heterocycles. The van der Waals surface area contributed by atoms with Gasteiger partial charge in [-0.25, -0.2) is 9.78 Å². The zero-order valence-electron chi connectivity index (χ0n) is 19.3. The quantitative estimate of drug-likeness (QED) is 0.305. The number of rotatable bonds is 10. The molecule has 0 unspecified atom stereocenters. The monoisotopic (exact) mass is 497 g/mol. The molecule has 0 fully saturated rings. The predicted octanol–water partition coefficient (Wildman–Crippen LogP) is 4.93. The first kappa shape index (κ1) is 25.5. The zero-order chi connectivity index (χ0) is 24.5. The smallest absolute Gasteiger partial charge is 0.339 e. The van der Waals surface area contributed by atoms with Gasteiger partial charge in [0.2, 0.25) is 0 Å². The predicted molar refractivity (Wildman–Crippen MR) is 135 cm³/mol. The highest BCUT2D eigenvalue weighted by Crippen LogP contribution is 2.27. The van der Waals surface area contributed by atoms with Gasteiger partial charge in [-0.3, -0.25) is 9.59 Å². The molecule has 2 N–H and O–H groups in total. The Kier molecular flexibility index (Phi) is 9.24. The number of carbonyl (C=O) groups is 3. The fraction of sp³-hybridized carbons (Fsp3) is 0.280. The lowest BCUT2D eigenvalue weighted by Crippen LogP contribution is -2.29. The summed E-state index contributed by atoms with van der Waals surface area (Å²) >= 11 is 3.07. The summed E-state index contributed by atoms with van der Waals surface area (Å²) in [5, 5.41) is 8.48. The Labute approximate surface area is 207 Å². The van der Waals surface area contributed by atoms with E-state index in [-0.39, 0.29) is 5.91 Å². The van der Waals surface area contributed by atoms with Gasteiger partial charge < -0.3 is 15.4 Å². The Morgan fingerprint density at radius 1 is 1.06 bits per heavy atom. The van der Waals surface area contributed by atoms with Gasteiger partial charge in [0.25, 0.3) is 11.8 Å². The van der Waals surface area contributed by atoms with Crippen LogP contribution in [0.5, 0.6) is 0 Å². The molecule has 0 saturated carbocycles. The number of carbonyl (C=O) groups excluding carboxylic acids is 3. The Hall–Kier alpha value is -3.17. The van der Waals surface area contributed by atoms with Crippen molar-refractivity contribution in [2.45, 2.75) is 31.4 Å². The molecule has 0 aliphatic heterocycles. The number of anilines is 1. The Morgan fingerprint density at radius 2 is 1.76 bits per heavy atom. The minimum atomic E-state index is -0.587. The summed E-state index contributed by atoms with van der Waals surface area (Å²) in [6.45, 7) is 6.01. The third kappa shape index (κ3) is 7.43. The van der Waals surface area contributed by atoms with Crippen molar-refractivity contribution in [1.29, 1.82) is 0 Å². The molecule has 0 spiro atoms. The Bertz CT molecular complexity index is 1160. The first-order chi connectivity index (χ1) is 16.3. The number of amides is 2. The van der Waals surface area contributed by atoms with Crippen LogP contribution in [0.1, 0.15) is 45.3 Å². The number of aryl methyl sites for hydroxylation is 1. The second-order valence-electron chi connectivity index (χ2n) is 7.92. The molecule has 3 aromatic rings. The fourth-order valence-corrected chi connectivity index (χ4v) is 4.62. The minimum absolute atomic E-state index is 0.275. The van der Waals surface area contributed by atoms with Gasteiger partial charge in [-0.1, -0.05) is 38.1 Å². The van der Waals surface area contributed by atoms with Crippen molar-refractivity contribution in [3.63, 3.8) is 0 Å². The maximum atomic E-state index is 12.7. The lowest BCUT2D eigenvalue weighted by molar-refractivity contribution is -0.119. The number of thiazole rings is 1. The van der Waals surface area contributed by atoms with E-state index in [0.717, 1.165) is 15.6 Å². The summed E-state index contributed by atoms with van der Waals surface area (Å²) in [4.78, 5) is 42.8. The first-order valence-electron chi connectivity index (χ1n) is 10.8. The van der Waals surface area contributed by atoms with Gasteiger partial charge in [0.1, 0.15) is 0 Å². The standard InChI is InChI=1S/C25H27N3O4S2/c1-16(2)12-26-24(30)19-8-4-6-10-21(19)28-23(29)13-32-25(31)20-9-5-7-11-22(20)34-15-18-14-33-17(3)27-18/h4-11,14,16H,12-13,15H2,1-3H3,(H,26,30)(H,28,29). The van der Waals surface area contributed by atoms with Crippen LogP contribution < -0.4 is 10.6 Å². The molecule has 9 heteroatoms. The van der Waals surface area contributed by atoms with Gasteiger partial charge in [0.15, 0.2) is 6.61 Å². The second kappa shape index (κ2) is 12.3. The van der Waals surface area contributed by atoms with Crippen LogP contribution in [-0.4, -0.2) is 35.9 Å². The zero-order valence-corrected chi connectivity index (χ0v) is 20.9. The lowest BCUT2D eigenvalue weighted by atomic mass is 10.1. The van der Waals surface area contributed by atoms with Gasteiger partial charge in [0.05, 0.1) is 27.5 Å². The van der Waals surface area contributed by atoms with Gasteiger partial charge in [-0.05, 0) is 37.1 Å². The molecule has 0 aliphatic rings. The molecule has 1 heterocycles. The maximum Gasteiger partial charge on any atom is 0.339 e. The number of benzene rings is 2. The molecule has 1 aromatic heterocycles.